The monoisotopic (exact) mass is 405 g/mol. The molecule has 1 aromatic carbocycles. The predicted molar refractivity (Wildman–Crippen MR) is 111 cm³/mol. The second-order valence-electron chi connectivity index (χ2n) is 7.68. The highest BCUT2D eigenvalue weighted by Crippen LogP contribution is 2.32. The maximum Gasteiger partial charge on any atom is 0.258 e. The molecule has 1 amide bonds. The summed E-state index contributed by atoms with van der Waals surface area (Å²) in [5.41, 5.74) is 3.63. The quantitative estimate of drug-likeness (QED) is 0.615. The van der Waals surface area contributed by atoms with Crippen LogP contribution in [0, 0.1) is 0 Å². The first-order valence-corrected chi connectivity index (χ1v) is 10.4. The van der Waals surface area contributed by atoms with Gasteiger partial charge in [-0.3, -0.25) is 4.79 Å². The van der Waals surface area contributed by atoms with Crippen LogP contribution < -0.4 is 9.62 Å². The Morgan fingerprint density at radius 1 is 1.33 bits per heavy atom. The zero-order chi connectivity index (χ0) is 19.8. The largest absolute Gasteiger partial charge is 0.598 e. The average Bonchev–Trinajstić information content (AvgIpc) is 3.03. The Hall–Kier alpha value is -1.60. The van der Waals surface area contributed by atoms with Gasteiger partial charge >= 0.3 is 0 Å². The highest BCUT2D eigenvalue weighted by molar-refractivity contribution is 7.90. The molecular weight excluding hydrogens is 382 g/mol. The summed E-state index contributed by atoms with van der Waals surface area (Å²) in [7, 11) is 0. The molecule has 2 atom stereocenters. The number of nitrogens with zero attached hydrogens (tertiary/aromatic N) is 2. The Balaban J connectivity index is 1.78. The third-order valence-electron chi connectivity index (χ3n) is 4.56. The van der Waals surface area contributed by atoms with Crippen LogP contribution in [0.25, 0.3) is 0 Å². The Morgan fingerprint density at radius 3 is 2.74 bits per heavy atom. The van der Waals surface area contributed by atoms with E-state index in [1.165, 1.54) is 0 Å². The van der Waals surface area contributed by atoms with E-state index in [2.05, 4.69) is 15.8 Å². The third-order valence-corrected chi connectivity index (χ3v) is 6.44. The molecular formula is C20H24ClN3O2S. The zero-order valence-electron chi connectivity index (χ0n) is 16.0. The molecule has 5 nitrogen and oxygen atoms in total. The van der Waals surface area contributed by atoms with Crippen LogP contribution in [0.2, 0.25) is 5.15 Å². The Morgan fingerprint density at radius 2 is 2.07 bits per heavy atom. The number of benzene rings is 1. The van der Waals surface area contributed by atoms with Gasteiger partial charge in [0.05, 0.1) is 6.04 Å². The smallest absolute Gasteiger partial charge is 0.258 e. The number of nitrogens with one attached hydrogen (secondary N) is 1. The molecule has 3 rings (SSSR count). The SMILES string of the molecule is CC(N[S+]([O-])C(C)(C)C)c1ccc2c(c1)CCN2C(=O)c1ccnc(Cl)c1. The topological polar surface area (TPSA) is 68.3 Å². The highest BCUT2D eigenvalue weighted by Gasteiger charge is 2.30. The van der Waals surface area contributed by atoms with Crippen molar-refractivity contribution in [3.8, 4) is 0 Å². The van der Waals surface area contributed by atoms with Gasteiger partial charge in [-0.2, -0.15) is 0 Å². The minimum absolute atomic E-state index is 0.0425. The van der Waals surface area contributed by atoms with Gasteiger partial charge in [0.25, 0.3) is 5.91 Å². The van der Waals surface area contributed by atoms with Crippen LogP contribution >= 0.6 is 11.6 Å². The number of amides is 1. The molecule has 27 heavy (non-hydrogen) atoms. The number of pyridine rings is 1. The summed E-state index contributed by atoms with van der Waals surface area (Å²) >= 11 is 4.77. The molecule has 7 heteroatoms. The second kappa shape index (κ2) is 7.80. The van der Waals surface area contributed by atoms with Gasteiger partial charge in [-0.15, -0.1) is 4.72 Å². The maximum absolute atomic E-state index is 12.8. The zero-order valence-corrected chi connectivity index (χ0v) is 17.5. The first-order chi connectivity index (χ1) is 12.7. The van der Waals surface area contributed by atoms with Crippen molar-refractivity contribution >= 4 is 34.6 Å². The van der Waals surface area contributed by atoms with E-state index in [1.54, 1.807) is 23.2 Å². The Labute approximate surface area is 168 Å². The summed E-state index contributed by atoms with van der Waals surface area (Å²) in [5, 5.41) is 0.308. The van der Waals surface area contributed by atoms with Crippen LogP contribution in [-0.4, -0.2) is 26.7 Å². The van der Waals surface area contributed by atoms with Gasteiger partial charge in [-0.25, -0.2) is 4.98 Å². The van der Waals surface area contributed by atoms with Gasteiger partial charge in [-0.1, -0.05) is 23.7 Å². The summed E-state index contributed by atoms with van der Waals surface area (Å²) in [6, 6.07) is 9.27. The van der Waals surface area contributed by atoms with Crippen LogP contribution in [0.3, 0.4) is 0 Å². The van der Waals surface area contributed by atoms with Crippen molar-refractivity contribution in [1.29, 1.82) is 0 Å². The Kier molecular flexibility index (Phi) is 5.82. The molecule has 0 radical (unpaired) electrons. The van der Waals surface area contributed by atoms with Gasteiger partial charge < -0.3 is 9.45 Å². The van der Waals surface area contributed by atoms with E-state index in [0.717, 1.165) is 23.2 Å². The lowest BCUT2D eigenvalue weighted by atomic mass is 10.0. The number of aromatic nitrogens is 1. The summed E-state index contributed by atoms with van der Waals surface area (Å²) in [4.78, 5) is 18.5. The van der Waals surface area contributed by atoms with E-state index in [9.17, 15) is 9.35 Å². The summed E-state index contributed by atoms with van der Waals surface area (Å²) < 4.78 is 15.2. The molecule has 0 bridgehead atoms. The molecule has 2 aromatic rings. The summed E-state index contributed by atoms with van der Waals surface area (Å²) in [5.74, 6) is -0.0780. The number of hydrogen-bond acceptors (Lipinski definition) is 4. The first-order valence-electron chi connectivity index (χ1n) is 8.91. The first kappa shape index (κ1) is 20.1. The number of rotatable bonds is 4. The lowest BCUT2D eigenvalue weighted by molar-refractivity contribution is 0.0989. The van der Waals surface area contributed by atoms with Gasteiger partial charge in [0, 0.05) is 35.4 Å². The molecule has 0 fully saturated rings. The van der Waals surface area contributed by atoms with E-state index < -0.39 is 11.4 Å². The van der Waals surface area contributed by atoms with E-state index >= 15 is 0 Å². The van der Waals surface area contributed by atoms with E-state index in [1.807, 2.05) is 39.8 Å². The van der Waals surface area contributed by atoms with Crippen molar-refractivity contribution in [2.75, 3.05) is 11.4 Å². The fourth-order valence-electron chi connectivity index (χ4n) is 3.00. The molecule has 2 heterocycles. The number of anilines is 1. The molecule has 0 aliphatic carbocycles. The van der Waals surface area contributed by atoms with Crippen LogP contribution in [0.1, 0.15) is 55.2 Å². The molecule has 0 spiro atoms. The molecule has 1 N–H and O–H groups in total. The molecule has 1 aliphatic heterocycles. The minimum Gasteiger partial charge on any atom is -0.598 e. The number of carbonyl (C=O) groups excluding carboxylic acids is 1. The summed E-state index contributed by atoms with van der Waals surface area (Å²) in [6.07, 6.45) is 2.33. The van der Waals surface area contributed by atoms with E-state index in [0.29, 0.717) is 17.3 Å². The predicted octanol–water partition coefficient (Wildman–Crippen LogP) is 4.05. The van der Waals surface area contributed by atoms with Crippen molar-refractivity contribution in [1.82, 2.24) is 9.71 Å². The molecule has 2 unspecified atom stereocenters. The third kappa shape index (κ3) is 4.46. The number of fused-ring (bicyclic) bond motifs is 1. The van der Waals surface area contributed by atoms with Gasteiger partial charge in [-0.05, 0) is 63.4 Å². The standard InChI is InChI=1S/C20H24ClN3O2S/c1-13(23-27(26)20(2,3)4)14-5-6-17-15(11-14)8-10-24(17)19(25)16-7-9-22-18(21)12-16/h5-7,9,11-13,23H,8,10H2,1-4H3. The molecule has 144 valence electrons. The van der Waals surface area contributed by atoms with Crippen LogP contribution in [-0.2, 0) is 17.8 Å². The summed E-state index contributed by atoms with van der Waals surface area (Å²) in [6.45, 7) is 8.47. The van der Waals surface area contributed by atoms with Crippen molar-refractivity contribution in [2.45, 2.75) is 44.9 Å². The lowest BCUT2D eigenvalue weighted by Gasteiger charge is -2.26. The highest BCUT2D eigenvalue weighted by atomic mass is 35.5. The normalized spacial score (nSPS) is 16.1. The number of carbonyl (C=O) groups is 1. The van der Waals surface area contributed by atoms with Crippen LogP contribution in [0.5, 0.6) is 0 Å². The minimum atomic E-state index is -1.14. The number of halogens is 1. The van der Waals surface area contributed by atoms with Crippen LogP contribution in [0.4, 0.5) is 5.69 Å². The van der Waals surface area contributed by atoms with Crippen molar-refractivity contribution < 1.29 is 9.35 Å². The van der Waals surface area contributed by atoms with E-state index in [-0.39, 0.29) is 16.7 Å². The molecule has 1 aromatic heterocycles. The molecule has 0 saturated carbocycles. The van der Waals surface area contributed by atoms with Gasteiger partial charge in [0.1, 0.15) is 9.90 Å². The van der Waals surface area contributed by atoms with Crippen LogP contribution in [0.15, 0.2) is 36.5 Å². The van der Waals surface area contributed by atoms with Crippen molar-refractivity contribution in [3.63, 3.8) is 0 Å². The average molecular weight is 406 g/mol. The fraction of sp³-hybridized carbons (Fsp3) is 0.400. The lowest BCUT2D eigenvalue weighted by Crippen LogP contribution is -2.40. The molecule has 1 aliphatic rings. The molecule has 0 saturated heterocycles. The van der Waals surface area contributed by atoms with Gasteiger partial charge in [0.2, 0.25) is 0 Å². The van der Waals surface area contributed by atoms with Gasteiger partial charge in [0.15, 0.2) is 0 Å². The second-order valence-corrected chi connectivity index (χ2v) is 10.1. The Bertz CT molecular complexity index is 853. The van der Waals surface area contributed by atoms with E-state index in [4.69, 9.17) is 11.6 Å². The van der Waals surface area contributed by atoms with Crippen molar-refractivity contribution in [3.05, 3.63) is 58.4 Å². The maximum atomic E-state index is 12.8. The fourth-order valence-corrected chi connectivity index (χ4v) is 3.98. The number of hydrogen-bond donors (Lipinski definition) is 1. The van der Waals surface area contributed by atoms with Crippen molar-refractivity contribution in [2.24, 2.45) is 0 Å².